The van der Waals surface area contributed by atoms with Gasteiger partial charge in [0.25, 0.3) is 5.91 Å². The molecule has 2 amide bonds. The van der Waals surface area contributed by atoms with E-state index >= 15 is 0 Å². The number of pyridine rings is 1. The Bertz CT molecular complexity index is 897. The van der Waals surface area contributed by atoms with E-state index in [-0.39, 0.29) is 18.4 Å². The van der Waals surface area contributed by atoms with Crippen molar-refractivity contribution in [3.05, 3.63) is 53.7 Å². The van der Waals surface area contributed by atoms with Crippen molar-refractivity contribution in [3.8, 4) is 18.1 Å². The molecule has 1 aromatic carbocycles. The average molecular weight is 392 g/mol. The van der Waals surface area contributed by atoms with Gasteiger partial charge in [-0.1, -0.05) is 12.0 Å². The zero-order valence-corrected chi connectivity index (χ0v) is 16.4. The Labute approximate surface area is 170 Å². The Morgan fingerprint density at radius 3 is 2.52 bits per heavy atom. The first-order chi connectivity index (χ1) is 14.0. The highest BCUT2D eigenvalue weighted by molar-refractivity contribution is 6.03. The van der Waals surface area contributed by atoms with Crippen molar-refractivity contribution in [3.63, 3.8) is 0 Å². The van der Waals surface area contributed by atoms with Crippen molar-refractivity contribution in [1.82, 2.24) is 14.8 Å². The van der Waals surface area contributed by atoms with E-state index in [1.165, 1.54) is 0 Å². The highest BCUT2D eigenvalue weighted by Gasteiger charge is 2.19. The van der Waals surface area contributed by atoms with Gasteiger partial charge in [-0.3, -0.25) is 14.5 Å². The molecule has 150 valence electrons. The fourth-order valence-corrected chi connectivity index (χ4v) is 3.10. The second-order valence-electron chi connectivity index (χ2n) is 6.77. The SMILES string of the molecule is C#CCOc1ccc(C(=O)Nc2cccc(CN3CCN(C(C)=O)CC3)n2)cc1. The summed E-state index contributed by atoms with van der Waals surface area (Å²) in [6.07, 6.45) is 5.16. The van der Waals surface area contributed by atoms with E-state index in [0.717, 1.165) is 31.9 Å². The zero-order valence-electron chi connectivity index (χ0n) is 16.4. The Kier molecular flexibility index (Phi) is 6.82. The molecule has 1 fully saturated rings. The van der Waals surface area contributed by atoms with Crippen LogP contribution in [0.2, 0.25) is 0 Å². The molecule has 0 saturated carbocycles. The lowest BCUT2D eigenvalue weighted by atomic mass is 10.2. The number of benzene rings is 1. The molecule has 3 rings (SSSR count). The summed E-state index contributed by atoms with van der Waals surface area (Å²) in [6, 6.07) is 12.3. The minimum Gasteiger partial charge on any atom is -0.481 e. The van der Waals surface area contributed by atoms with E-state index in [4.69, 9.17) is 11.2 Å². The minimum absolute atomic E-state index is 0.114. The molecule has 0 spiro atoms. The van der Waals surface area contributed by atoms with Crippen LogP contribution in [0, 0.1) is 12.3 Å². The van der Waals surface area contributed by atoms with Gasteiger partial charge in [0.1, 0.15) is 18.2 Å². The largest absolute Gasteiger partial charge is 0.481 e. The number of nitrogens with zero attached hydrogens (tertiary/aromatic N) is 3. The van der Waals surface area contributed by atoms with Crippen molar-refractivity contribution < 1.29 is 14.3 Å². The maximum Gasteiger partial charge on any atom is 0.256 e. The topological polar surface area (TPSA) is 74.8 Å². The number of carbonyl (C=O) groups is 2. The second kappa shape index (κ2) is 9.71. The van der Waals surface area contributed by atoms with E-state index < -0.39 is 0 Å². The third-order valence-electron chi connectivity index (χ3n) is 4.69. The average Bonchev–Trinajstić information content (AvgIpc) is 2.73. The molecular formula is C22H24N4O3. The number of aromatic nitrogens is 1. The van der Waals surface area contributed by atoms with Gasteiger partial charge in [-0.2, -0.15) is 0 Å². The van der Waals surface area contributed by atoms with E-state index in [1.807, 2.05) is 17.0 Å². The molecule has 1 aliphatic rings. The summed E-state index contributed by atoms with van der Waals surface area (Å²) < 4.78 is 5.31. The van der Waals surface area contributed by atoms with Crippen LogP contribution in [0.5, 0.6) is 5.75 Å². The van der Waals surface area contributed by atoms with E-state index in [9.17, 15) is 9.59 Å². The minimum atomic E-state index is -0.242. The molecule has 7 nitrogen and oxygen atoms in total. The summed E-state index contributed by atoms with van der Waals surface area (Å²) >= 11 is 0. The summed E-state index contributed by atoms with van der Waals surface area (Å²) in [6.45, 7) is 5.54. The van der Waals surface area contributed by atoms with Crippen LogP contribution in [0.4, 0.5) is 5.82 Å². The number of amides is 2. The number of anilines is 1. The molecule has 1 saturated heterocycles. The zero-order chi connectivity index (χ0) is 20.6. The number of hydrogen-bond donors (Lipinski definition) is 1. The number of carbonyl (C=O) groups excluding carboxylic acids is 2. The predicted octanol–water partition coefficient (Wildman–Crippen LogP) is 2.01. The molecule has 1 aliphatic heterocycles. The second-order valence-corrected chi connectivity index (χ2v) is 6.77. The molecule has 29 heavy (non-hydrogen) atoms. The normalized spacial score (nSPS) is 14.1. The molecule has 0 aliphatic carbocycles. The molecule has 0 radical (unpaired) electrons. The molecule has 2 heterocycles. The van der Waals surface area contributed by atoms with Crippen LogP contribution >= 0.6 is 0 Å². The monoisotopic (exact) mass is 392 g/mol. The highest BCUT2D eigenvalue weighted by Crippen LogP contribution is 2.14. The first kappa shape index (κ1) is 20.4. The molecule has 0 unspecified atom stereocenters. The molecule has 1 N–H and O–H groups in total. The van der Waals surface area contributed by atoms with Gasteiger partial charge in [-0.25, -0.2) is 4.98 Å². The van der Waals surface area contributed by atoms with Gasteiger partial charge < -0.3 is 15.0 Å². The van der Waals surface area contributed by atoms with Gasteiger partial charge in [-0.05, 0) is 36.4 Å². The van der Waals surface area contributed by atoms with Gasteiger partial charge in [0.05, 0.1) is 5.69 Å². The molecule has 1 aromatic heterocycles. The van der Waals surface area contributed by atoms with Crippen molar-refractivity contribution in [2.45, 2.75) is 13.5 Å². The number of nitrogens with one attached hydrogen (secondary N) is 1. The Morgan fingerprint density at radius 1 is 1.14 bits per heavy atom. The van der Waals surface area contributed by atoms with Crippen LogP contribution in [0.1, 0.15) is 23.0 Å². The third-order valence-corrected chi connectivity index (χ3v) is 4.69. The molecule has 0 atom stereocenters. The number of rotatable bonds is 6. The number of ether oxygens (including phenoxy) is 1. The summed E-state index contributed by atoms with van der Waals surface area (Å²) in [5, 5.41) is 2.83. The fourth-order valence-electron chi connectivity index (χ4n) is 3.10. The van der Waals surface area contributed by atoms with Crippen LogP contribution in [0.15, 0.2) is 42.5 Å². The summed E-state index contributed by atoms with van der Waals surface area (Å²) in [5.41, 5.74) is 1.38. The van der Waals surface area contributed by atoms with Gasteiger partial charge in [0.15, 0.2) is 0 Å². The Balaban J connectivity index is 1.56. The van der Waals surface area contributed by atoms with Gasteiger partial charge in [0.2, 0.25) is 5.91 Å². The first-order valence-electron chi connectivity index (χ1n) is 9.46. The lowest BCUT2D eigenvalue weighted by Crippen LogP contribution is -2.47. The van der Waals surface area contributed by atoms with Crippen LogP contribution in [0.25, 0.3) is 0 Å². The highest BCUT2D eigenvalue weighted by atomic mass is 16.5. The van der Waals surface area contributed by atoms with Crippen LogP contribution in [0.3, 0.4) is 0 Å². The van der Waals surface area contributed by atoms with Crippen LogP contribution in [-0.4, -0.2) is 59.4 Å². The van der Waals surface area contributed by atoms with Crippen LogP contribution in [-0.2, 0) is 11.3 Å². The quantitative estimate of drug-likeness (QED) is 0.762. The smallest absolute Gasteiger partial charge is 0.256 e. The number of hydrogen-bond acceptors (Lipinski definition) is 5. The number of terminal acetylenes is 1. The summed E-state index contributed by atoms with van der Waals surface area (Å²) in [5.74, 6) is 3.39. The van der Waals surface area contributed by atoms with Crippen molar-refractivity contribution in [2.24, 2.45) is 0 Å². The number of piperazine rings is 1. The summed E-state index contributed by atoms with van der Waals surface area (Å²) in [7, 11) is 0. The predicted molar refractivity (Wildman–Crippen MR) is 110 cm³/mol. The maximum absolute atomic E-state index is 12.5. The van der Waals surface area contributed by atoms with E-state index in [0.29, 0.717) is 23.7 Å². The molecule has 2 aromatic rings. The molecular weight excluding hydrogens is 368 g/mol. The Hall–Kier alpha value is -3.37. The van der Waals surface area contributed by atoms with E-state index in [1.54, 1.807) is 37.3 Å². The first-order valence-corrected chi connectivity index (χ1v) is 9.46. The lowest BCUT2D eigenvalue weighted by Gasteiger charge is -2.33. The maximum atomic E-state index is 12.5. The van der Waals surface area contributed by atoms with Crippen molar-refractivity contribution in [2.75, 3.05) is 38.1 Å². The Morgan fingerprint density at radius 2 is 1.86 bits per heavy atom. The molecule has 7 heteroatoms. The van der Waals surface area contributed by atoms with Crippen molar-refractivity contribution >= 4 is 17.6 Å². The summed E-state index contributed by atoms with van der Waals surface area (Å²) in [4.78, 5) is 32.5. The van der Waals surface area contributed by atoms with Gasteiger partial charge >= 0.3 is 0 Å². The molecule has 0 bridgehead atoms. The van der Waals surface area contributed by atoms with Gasteiger partial charge in [-0.15, -0.1) is 6.42 Å². The lowest BCUT2D eigenvalue weighted by molar-refractivity contribution is -0.130. The van der Waals surface area contributed by atoms with Crippen LogP contribution < -0.4 is 10.1 Å². The van der Waals surface area contributed by atoms with Crippen molar-refractivity contribution in [1.29, 1.82) is 0 Å². The third kappa shape index (κ3) is 5.80. The standard InChI is InChI=1S/C22H24N4O3/c1-3-15-29-20-9-7-18(8-10-20)22(28)24-21-6-4-5-19(23-21)16-25-11-13-26(14-12-25)17(2)27/h1,4-10H,11-16H2,2H3,(H,23,24,28). The fraction of sp³-hybridized carbons (Fsp3) is 0.318. The van der Waals surface area contributed by atoms with Gasteiger partial charge in [0, 0.05) is 45.2 Å². The van der Waals surface area contributed by atoms with E-state index in [2.05, 4.69) is 21.1 Å².